The van der Waals surface area contributed by atoms with E-state index in [4.69, 9.17) is 0 Å². The van der Waals surface area contributed by atoms with Crippen molar-refractivity contribution in [3.05, 3.63) is 98.0 Å². The standard InChI is InChI=1S/C23H17BrN4O4S/c24-15-7-9-16(10-8-15)25-21(29)19(13-14-5-11-17(12-6-14)28(31)32)26-22(30)23-27-18-3-1-2-4-20(18)33-23/h1-12,19H,13H2,(H,25,29)(H,26,30). The van der Waals surface area contributed by atoms with Gasteiger partial charge in [0.05, 0.1) is 15.1 Å². The van der Waals surface area contributed by atoms with E-state index in [2.05, 4.69) is 31.5 Å². The summed E-state index contributed by atoms with van der Waals surface area (Å²) in [5.74, 6) is -0.876. The van der Waals surface area contributed by atoms with Gasteiger partial charge in [-0.05, 0) is 42.0 Å². The molecule has 4 rings (SSSR count). The molecule has 2 amide bonds. The third-order valence-electron chi connectivity index (χ3n) is 4.81. The van der Waals surface area contributed by atoms with Crippen molar-refractivity contribution >= 4 is 60.7 Å². The molecular weight excluding hydrogens is 508 g/mol. The SMILES string of the molecule is O=C(NC(Cc1ccc([N+](=O)[O-])cc1)C(=O)Nc1ccc(Br)cc1)c1nc2ccccc2s1. The number of hydrogen-bond acceptors (Lipinski definition) is 6. The van der Waals surface area contributed by atoms with Crippen molar-refractivity contribution in [1.29, 1.82) is 0 Å². The van der Waals surface area contributed by atoms with Gasteiger partial charge in [0.1, 0.15) is 6.04 Å². The quantitative estimate of drug-likeness (QED) is 0.262. The van der Waals surface area contributed by atoms with Gasteiger partial charge in [0, 0.05) is 28.7 Å². The topological polar surface area (TPSA) is 114 Å². The Morgan fingerprint density at radius 3 is 2.39 bits per heavy atom. The summed E-state index contributed by atoms with van der Waals surface area (Å²) in [5.41, 5.74) is 1.90. The maximum atomic E-state index is 13.1. The van der Waals surface area contributed by atoms with Crippen LogP contribution in [0.1, 0.15) is 15.4 Å². The van der Waals surface area contributed by atoms with Gasteiger partial charge < -0.3 is 10.6 Å². The molecule has 0 fully saturated rings. The zero-order valence-electron chi connectivity index (χ0n) is 17.0. The second kappa shape index (κ2) is 9.88. The molecule has 1 heterocycles. The molecule has 0 saturated heterocycles. The van der Waals surface area contributed by atoms with Crippen molar-refractivity contribution in [2.75, 3.05) is 5.32 Å². The van der Waals surface area contributed by atoms with E-state index in [1.165, 1.54) is 23.5 Å². The molecular formula is C23H17BrN4O4S. The minimum absolute atomic E-state index is 0.0480. The number of benzene rings is 3. The Hall–Kier alpha value is -3.63. The summed E-state index contributed by atoms with van der Waals surface area (Å²) in [6.07, 6.45) is 0.150. The molecule has 3 aromatic carbocycles. The van der Waals surface area contributed by atoms with Crippen LogP contribution in [0, 0.1) is 10.1 Å². The highest BCUT2D eigenvalue weighted by Crippen LogP contribution is 2.22. The van der Waals surface area contributed by atoms with Gasteiger partial charge in [0.2, 0.25) is 5.91 Å². The second-order valence-electron chi connectivity index (χ2n) is 7.14. The lowest BCUT2D eigenvalue weighted by atomic mass is 10.0. The summed E-state index contributed by atoms with van der Waals surface area (Å²) < 4.78 is 1.74. The van der Waals surface area contributed by atoms with E-state index in [1.807, 2.05) is 24.3 Å². The molecule has 1 aromatic heterocycles. The lowest BCUT2D eigenvalue weighted by Crippen LogP contribution is -2.45. The summed E-state index contributed by atoms with van der Waals surface area (Å²) in [6.45, 7) is 0. The number of carbonyl (C=O) groups excluding carboxylic acids is 2. The Balaban J connectivity index is 1.56. The maximum absolute atomic E-state index is 13.1. The first kappa shape index (κ1) is 22.6. The van der Waals surface area contributed by atoms with Crippen LogP contribution in [0.25, 0.3) is 10.2 Å². The number of amides is 2. The van der Waals surface area contributed by atoms with Crippen LogP contribution < -0.4 is 10.6 Å². The van der Waals surface area contributed by atoms with Gasteiger partial charge in [-0.2, -0.15) is 0 Å². The number of anilines is 1. The average Bonchev–Trinajstić information content (AvgIpc) is 3.25. The largest absolute Gasteiger partial charge is 0.338 e. The van der Waals surface area contributed by atoms with E-state index in [-0.39, 0.29) is 17.1 Å². The van der Waals surface area contributed by atoms with Gasteiger partial charge in [-0.25, -0.2) is 4.98 Å². The van der Waals surface area contributed by atoms with E-state index >= 15 is 0 Å². The summed E-state index contributed by atoms with van der Waals surface area (Å²) in [4.78, 5) is 40.8. The molecule has 0 radical (unpaired) electrons. The van der Waals surface area contributed by atoms with Crippen LogP contribution in [0.3, 0.4) is 0 Å². The number of aromatic nitrogens is 1. The number of halogens is 1. The van der Waals surface area contributed by atoms with Crippen molar-refractivity contribution < 1.29 is 14.5 Å². The van der Waals surface area contributed by atoms with E-state index in [0.717, 1.165) is 9.17 Å². The summed E-state index contributed by atoms with van der Waals surface area (Å²) in [7, 11) is 0. The number of nitro benzene ring substituents is 1. The normalized spacial score (nSPS) is 11.7. The smallest absolute Gasteiger partial charge is 0.280 e. The third kappa shape index (κ3) is 5.60. The number of thiazole rings is 1. The van der Waals surface area contributed by atoms with Gasteiger partial charge in [0.15, 0.2) is 5.01 Å². The van der Waals surface area contributed by atoms with E-state index in [9.17, 15) is 19.7 Å². The second-order valence-corrected chi connectivity index (χ2v) is 9.08. The van der Waals surface area contributed by atoms with Crippen LogP contribution in [0.4, 0.5) is 11.4 Å². The van der Waals surface area contributed by atoms with E-state index in [0.29, 0.717) is 16.8 Å². The number of carbonyl (C=O) groups is 2. The fourth-order valence-electron chi connectivity index (χ4n) is 3.15. The summed E-state index contributed by atoms with van der Waals surface area (Å²) >= 11 is 4.59. The van der Waals surface area contributed by atoms with Crippen molar-refractivity contribution in [3.63, 3.8) is 0 Å². The number of para-hydroxylation sites is 1. The van der Waals surface area contributed by atoms with Gasteiger partial charge in [0.25, 0.3) is 11.6 Å². The Kier molecular flexibility index (Phi) is 6.76. The maximum Gasteiger partial charge on any atom is 0.280 e. The zero-order chi connectivity index (χ0) is 23.4. The molecule has 0 aliphatic heterocycles. The van der Waals surface area contributed by atoms with Crippen molar-refractivity contribution in [2.45, 2.75) is 12.5 Å². The Morgan fingerprint density at radius 2 is 1.73 bits per heavy atom. The fourth-order valence-corrected chi connectivity index (χ4v) is 4.28. The molecule has 166 valence electrons. The van der Waals surface area contributed by atoms with Crippen LogP contribution in [-0.4, -0.2) is 27.8 Å². The highest BCUT2D eigenvalue weighted by molar-refractivity contribution is 9.10. The Morgan fingerprint density at radius 1 is 1.03 bits per heavy atom. The van der Waals surface area contributed by atoms with Gasteiger partial charge in [-0.1, -0.05) is 40.2 Å². The first-order valence-corrected chi connectivity index (χ1v) is 11.5. The van der Waals surface area contributed by atoms with Crippen LogP contribution >= 0.6 is 27.3 Å². The molecule has 0 spiro atoms. The minimum atomic E-state index is -0.922. The van der Waals surface area contributed by atoms with E-state index < -0.39 is 22.8 Å². The van der Waals surface area contributed by atoms with Gasteiger partial charge >= 0.3 is 0 Å². The molecule has 1 unspecified atom stereocenters. The number of fused-ring (bicyclic) bond motifs is 1. The number of rotatable bonds is 7. The molecule has 0 aliphatic rings. The number of nitrogens with zero attached hydrogens (tertiary/aromatic N) is 2. The van der Waals surface area contributed by atoms with Crippen LogP contribution in [-0.2, 0) is 11.2 Å². The van der Waals surface area contributed by atoms with Crippen molar-refractivity contribution in [3.8, 4) is 0 Å². The van der Waals surface area contributed by atoms with E-state index in [1.54, 1.807) is 36.4 Å². The Bertz CT molecular complexity index is 1290. The minimum Gasteiger partial charge on any atom is -0.338 e. The molecule has 0 saturated carbocycles. The summed E-state index contributed by atoms with van der Waals surface area (Å²) in [5, 5.41) is 16.7. The lowest BCUT2D eigenvalue weighted by Gasteiger charge is -2.18. The predicted molar refractivity (Wildman–Crippen MR) is 130 cm³/mol. The fraction of sp³-hybridized carbons (Fsp3) is 0.0870. The number of non-ortho nitro benzene ring substituents is 1. The third-order valence-corrected chi connectivity index (χ3v) is 6.37. The molecule has 2 N–H and O–H groups in total. The highest BCUT2D eigenvalue weighted by Gasteiger charge is 2.24. The molecule has 1 atom stereocenters. The lowest BCUT2D eigenvalue weighted by molar-refractivity contribution is -0.384. The van der Waals surface area contributed by atoms with Gasteiger partial charge in [-0.15, -0.1) is 11.3 Å². The average molecular weight is 525 g/mol. The predicted octanol–water partition coefficient (Wildman–Crippen LogP) is 4.95. The highest BCUT2D eigenvalue weighted by atomic mass is 79.9. The van der Waals surface area contributed by atoms with Crippen LogP contribution in [0.15, 0.2) is 77.3 Å². The zero-order valence-corrected chi connectivity index (χ0v) is 19.4. The number of hydrogen-bond donors (Lipinski definition) is 2. The monoisotopic (exact) mass is 524 g/mol. The molecule has 0 bridgehead atoms. The van der Waals surface area contributed by atoms with Crippen LogP contribution in [0.5, 0.6) is 0 Å². The molecule has 4 aromatic rings. The van der Waals surface area contributed by atoms with Crippen molar-refractivity contribution in [1.82, 2.24) is 10.3 Å². The Labute approximate surface area is 200 Å². The molecule has 33 heavy (non-hydrogen) atoms. The molecule has 0 aliphatic carbocycles. The van der Waals surface area contributed by atoms with Crippen molar-refractivity contribution in [2.24, 2.45) is 0 Å². The number of nitrogens with one attached hydrogen (secondary N) is 2. The van der Waals surface area contributed by atoms with Gasteiger partial charge in [-0.3, -0.25) is 19.7 Å². The van der Waals surface area contributed by atoms with Crippen LogP contribution in [0.2, 0.25) is 0 Å². The molecule has 10 heteroatoms. The molecule has 8 nitrogen and oxygen atoms in total. The first-order chi connectivity index (χ1) is 15.9. The summed E-state index contributed by atoms with van der Waals surface area (Å²) in [6, 6.07) is 19.4. The number of nitro groups is 1. The first-order valence-electron chi connectivity index (χ1n) is 9.85.